The van der Waals surface area contributed by atoms with Gasteiger partial charge in [-0.2, -0.15) is 4.98 Å². The van der Waals surface area contributed by atoms with Gasteiger partial charge < -0.3 is 4.74 Å². The Morgan fingerprint density at radius 3 is 2.61 bits per heavy atom. The van der Waals surface area contributed by atoms with Crippen molar-refractivity contribution in [2.45, 2.75) is 5.16 Å². The van der Waals surface area contributed by atoms with Crippen molar-refractivity contribution in [3.63, 3.8) is 0 Å². The maximum Gasteiger partial charge on any atom is 0.224 e. The van der Waals surface area contributed by atoms with Crippen molar-refractivity contribution < 1.29 is 13.5 Å². The van der Waals surface area contributed by atoms with E-state index in [1.165, 1.54) is 23.9 Å². The lowest BCUT2D eigenvalue weighted by Gasteiger charge is -2.06. The summed E-state index contributed by atoms with van der Waals surface area (Å²) in [5, 5.41) is 0.645. The molecule has 0 atom stereocenters. The zero-order valence-electron chi connectivity index (χ0n) is 9.15. The second kappa shape index (κ2) is 5.49. The number of aromatic nitrogens is 2. The Morgan fingerprint density at radius 2 is 1.94 bits per heavy atom. The van der Waals surface area contributed by atoms with Crippen molar-refractivity contribution in [1.29, 1.82) is 0 Å². The van der Waals surface area contributed by atoms with Crippen LogP contribution in [0.3, 0.4) is 0 Å². The second-order valence-electron chi connectivity index (χ2n) is 3.19. The summed E-state index contributed by atoms with van der Waals surface area (Å²) >= 11 is 7.07. The minimum Gasteiger partial charge on any atom is -0.439 e. The number of benzene rings is 1. The summed E-state index contributed by atoms with van der Waals surface area (Å²) in [5.41, 5.74) is 0. The lowest BCUT2D eigenvalue weighted by Crippen LogP contribution is -1.93. The molecule has 94 valence electrons. The summed E-state index contributed by atoms with van der Waals surface area (Å²) in [7, 11) is 0. The average Bonchev–Trinajstić information content (AvgIpc) is 2.33. The van der Waals surface area contributed by atoms with Crippen LogP contribution in [0.5, 0.6) is 11.6 Å². The molecule has 18 heavy (non-hydrogen) atoms. The number of hydrogen-bond donors (Lipinski definition) is 0. The van der Waals surface area contributed by atoms with Crippen LogP contribution >= 0.6 is 23.4 Å². The molecule has 2 aromatic rings. The van der Waals surface area contributed by atoms with Gasteiger partial charge in [-0.15, -0.1) is 0 Å². The van der Waals surface area contributed by atoms with Crippen LogP contribution in [0.15, 0.2) is 29.4 Å². The lowest BCUT2D eigenvalue weighted by molar-refractivity contribution is 0.442. The first-order valence-electron chi connectivity index (χ1n) is 4.80. The monoisotopic (exact) mass is 288 g/mol. The maximum atomic E-state index is 13.0. The molecule has 0 aliphatic carbocycles. The van der Waals surface area contributed by atoms with Crippen molar-refractivity contribution >= 4 is 23.4 Å². The summed E-state index contributed by atoms with van der Waals surface area (Å²) in [4.78, 5) is 7.96. The number of rotatable bonds is 3. The third kappa shape index (κ3) is 3.08. The van der Waals surface area contributed by atoms with Gasteiger partial charge in [-0.25, -0.2) is 13.8 Å². The van der Waals surface area contributed by atoms with E-state index < -0.39 is 11.6 Å². The van der Waals surface area contributed by atoms with Crippen molar-refractivity contribution in [2.75, 3.05) is 6.26 Å². The van der Waals surface area contributed by atoms with Crippen LogP contribution in [0, 0.1) is 11.6 Å². The van der Waals surface area contributed by atoms with Gasteiger partial charge in [0, 0.05) is 12.1 Å². The van der Waals surface area contributed by atoms with Crippen LogP contribution in [0.1, 0.15) is 0 Å². The van der Waals surface area contributed by atoms with E-state index in [-0.39, 0.29) is 16.8 Å². The minimum atomic E-state index is -0.988. The van der Waals surface area contributed by atoms with E-state index in [9.17, 15) is 8.78 Å². The molecule has 0 saturated heterocycles. The standard InChI is InChI=1S/C11H7ClF2N2OS/c1-18-11-15-9(12)5-10(16-11)17-6-2-3-7(13)8(14)4-6/h2-5H,1H3. The molecule has 7 heteroatoms. The van der Waals surface area contributed by atoms with E-state index in [1.54, 1.807) is 6.26 Å². The SMILES string of the molecule is CSc1nc(Cl)cc(Oc2ccc(F)c(F)c2)n1. The molecule has 0 aliphatic rings. The highest BCUT2D eigenvalue weighted by Gasteiger charge is 2.07. The molecule has 1 aromatic heterocycles. The fourth-order valence-corrected chi connectivity index (χ4v) is 1.78. The highest BCUT2D eigenvalue weighted by Crippen LogP contribution is 2.25. The first-order valence-corrected chi connectivity index (χ1v) is 6.40. The van der Waals surface area contributed by atoms with Crippen LogP contribution in [-0.4, -0.2) is 16.2 Å². The summed E-state index contributed by atoms with van der Waals surface area (Å²) < 4.78 is 31.0. The first-order chi connectivity index (χ1) is 8.58. The van der Waals surface area contributed by atoms with Crippen molar-refractivity contribution in [1.82, 2.24) is 9.97 Å². The second-order valence-corrected chi connectivity index (χ2v) is 4.35. The zero-order chi connectivity index (χ0) is 13.1. The van der Waals surface area contributed by atoms with Crippen LogP contribution in [0.25, 0.3) is 0 Å². The number of ether oxygens (including phenoxy) is 1. The molecule has 0 spiro atoms. The van der Waals surface area contributed by atoms with Crippen molar-refractivity contribution in [3.05, 3.63) is 41.1 Å². The van der Waals surface area contributed by atoms with Crippen molar-refractivity contribution in [2.24, 2.45) is 0 Å². The molecule has 3 nitrogen and oxygen atoms in total. The van der Waals surface area contributed by atoms with E-state index in [1.807, 2.05) is 0 Å². The third-order valence-corrected chi connectivity index (χ3v) is 2.69. The van der Waals surface area contributed by atoms with Gasteiger partial charge in [0.2, 0.25) is 5.88 Å². The quantitative estimate of drug-likeness (QED) is 0.487. The molecule has 0 N–H and O–H groups in total. The van der Waals surface area contributed by atoms with Crippen LogP contribution in [0.4, 0.5) is 8.78 Å². The van der Waals surface area contributed by atoms with Crippen LogP contribution in [-0.2, 0) is 0 Å². The molecular weight excluding hydrogens is 282 g/mol. The predicted octanol–water partition coefficient (Wildman–Crippen LogP) is 3.92. The highest BCUT2D eigenvalue weighted by molar-refractivity contribution is 7.98. The fourth-order valence-electron chi connectivity index (χ4n) is 1.18. The van der Waals surface area contributed by atoms with Gasteiger partial charge in [0.05, 0.1) is 0 Å². The van der Waals surface area contributed by atoms with Gasteiger partial charge in [-0.1, -0.05) is 23.4 Å². The summed E-state index contributed by atoms with van der Waals surface area (Å²) in [6.45, 7) is 0. The van der Waals surface area contributed by atoms with Gasteiger partial charge >= 0.3 is 0 Å². The molecule has 2 rings (SSSR count). The third-order valence-electron chi connectivity index (χ3n) is 1.95. The molecule has 0 bridgehead atoms. The molecule has 0 saturated carbocycles. The zero-order valence-corrected chi connectivity index (χ0v) is 10.7. The highest BCUT2D eigenvalue weighted by atomic mass is 35.5. The minimum absolute atomic E-state index is 0.135. The van der Waals surface area contributed by atoms with E-state index in [0.29, 0.717) is 5.16 Å². The molecule has 0 aliphatic heterocycles. The van der Waals surface area contributed by atoms with E-state index in [0.717, 1.165) is 12.1 Å². The Labute approximate surface area is 111 Å². The van der Waals surface area contributed by atoms with Gasteiger partial charge in [0.25, 0.3) is 0 Å². The number of halogens is 3. The normalized spacial score (nSPS) is 10.4. The van der Waals surface area contributed by atoms with E-state index >= 15 is 0 Å². The molecule has 0 amide bonds. The number of nitrogens with zero attached hydrogens (tertiary/aromatic N) is 2. The van der Waals surface area contributed by atoms with Crippen LogP contribution < -0.4 is 4.74 Å². The number of hydrogen-bond acceptors (Lipinski definition) is 4. The van der Waals surface area contributed by atoms with Gasteiger partial charge in [0.15, 0.2) is 16.8 Å². The summed E-state index contributed by atoms with van der Waals surface area (Å²) in [5.74, 6) is -1.62. The molecule has 0 unspecified atom stereocenters. The Hall–Kier alpha value is -1.40. The smallest absolute Gasteiger partial charge is 0.224 e. The molecule has 0 radical (unpaired) electrons. The van der Waals surface area contributed by atoms with E-state index in [2.05, 4.69) is 9.97 Å². The first kappa shape index (κ1) is 13.0. The fraction of sp³-hybridized carbons (Fsp3) is 0.0909. The van der Waals surface area contributed by atoms with Gasteiger partial charge in [-0.3, -0.25) is 0 Å². The molecule has 1 heterocycles. The Kier molecular flexibility index (Phi) is 3.98. The average molecular weight is 289 g/mol. The summed E-state index contributed by atoms with van der Waals surface area (Å²) in [6, 6.07) is 4.60. The summed E-state index contributed by atoms with van der Waals surface area (Å²) in [6.07, 6.45) is 1.78. The Balaban J connectivity index is 2.27. The predicted molar refractivity (Wildman–Crippen MR) is 65.3 cm³/mol. The van der Waals surface area contributed by atoms with Gasteiger partial charge in [-0.05, 0) is 18.4 Å². The van der Waals surface area contributed by atoms with E-state index in [4.69, 9.17) is 16.3 Å². The molecule has 1 aromatic carbocycles. The topological polar surface area (TPSA) is 35.0 Å². The van der Waals surface area contributed by atoms with Gasteiger partial charge in [0.1, 0.15) is 10.9 Å². The molecular formula is C11H7ClF2N2OS. The maximum absolute atomic E-state index is 13.0. The Bertz CT molecular complexity index is 583. The molecule has 0 fully saturated rings. The van der Waals surface area contributed by atoms with Crippen LogP contribution in [0.2, 0.25) is 5.15 Å². The lowest BCUT2D eigenvalue weighted by atomic mass is 10.3. The largest absolute Gasteiger partial charge is 0.439 e. The Morgan fingerprint density at radius 1 is 1.17 bits per heavy atom. The number of thioether (sulfide) groups is 1. The van der Waals surface area contributed by atoms with Crippen molar-refractivity contribution in [3.8, 4) is 11.6 Å².